The lowest BCUT2D eigenvalue weighted by molar-refractivity contribution is -0.137. The molecule has 0 unspecified atom stereocenters. The summed E-state index contributed by atoms with van der Waals surface area (Å²) in [6.45, 7) is 6.26. The molecule has 6 heteroatoms. The van der Waals surface area contributed by atoms with Gasteiger partial charge in [0, 0.05) is 13.6 Å². The average molecular weight is 313 g/mol. The zero-order valence-corrected chi connectivity index (χ0v) is 13.8. The van der Waals surface area contributed by atoms with Gasteiger partial charge >= 0.3 is 5.97 Å². The van der Waals surface area contributed by atoms with Gasteiger partial charge in [-0.25, -0.2) is 12.7 Å². The van der Waals surface area contributed by atoms with E-state index in [1.54, 1.807) is 12.1 Å². The van der Waals surface area contributed by atoms with Crippen molar-refractivity contribution in [2.75, 3.05) is 13.6 Å². The van der Waals surface area contributed by atoms with Crippen LogP contribution in [0.15, 0.2) is 29.2 Å². The number of sulfonamides is 1. The van der Waals surface area contributed by atoms with Gasteiger partial charge in [-0.15, -0.1) is 0 Å². The Kier molecular flexibility index (Phi) is 5.53. The zero-order valence-electron chi connectivity index (χ0n) is 13.0. The second kappa shape index (κ2) is 6.58. The minimum Gasteiger partial charge on any atom is -0.481 e. The van der Waals surface area contributed by atoms with Crippen LogP contribution in [0.5, 0.6) is 0 Å². The number of carboxylic acid groups (broad SMARTS) is 1. The number of carbonyl (C=O) groups is 1. The van der Waals surface area contributed by atoms with E-state index in [1.807, 2.05) is 12.1 Å². The molecule has 0 heterocycles. The van der Waals surface area contributed by atoms with E-state index in [2.05, 4.69) is 20.8 Å². The molecule has 0 aromatic heterocycles. The highest BCUT2D eigenvalue weighted by Crippen LogP contribution is 2.27. The second-order valence-electron chi connectivity index (χ2n) is 5.73. The van der Waals surface area contributed by atoms with Gasteiger partial charge in [0.1, 0.15) is 0 Å². The van der Waals surface area contributed by atoms with Crippen LogP contribution in [0.1, 0.15) is 39.2 Å². The van der Waals surface area contributed by atoms with Crippen molar-refractivity contribution < 1.29 is 18.3 Å². The van der Waals surface area contributed by atoms with E-state index < -0.39 is 16.0 Å². The first-order chi connectivity index (χ1) is 9.61. The molecule has 0 bridgehead atoms. The number of hydrogen-bond donors (Lipinski definition) is 1. The van der Waals surface area contributed by atoms with Crippen molar-refractivity contribution in [3.05, 3.63) is 29.8 Å². The van der Waals surface area contributed by atoms with Gasteiger partial charge in [0.2, 0.25) is 10.0 Å². The van der Waals surface area contributed by atoms with Crippen molar-refractivity contribution in [3.63, 3.8) is 0 Å². The van der Waals surface area contributed by atoms with Gasteiger partial charge in [-0.05, 0) is 29.5 Å². The van der Waals surface area contributed by atoms with E-state index in [1.165, 1.54) is 7.05 Å². The van der Waals surface area contributed by atoms with Crippen molar-refractivity contribution in [2.24, 2.45) is 0 Å². The topological polar surface area (TPSA) is 74.7 Å². The van der Waals surface area contributed by atoms with Gasteiger partial charge in [-0.3, -0.25) is 4.79 Å². The van der Waals surface area contributed by atoms with Gasteiger partial charge in [-0.1, -0.05) is 32.9 Å². The summed E-state index contributed by atoms with van der Waals surface area (Å²) >= 11 is 0. The summed E-state index contributed by atoms with van der Waals surface area (Å²) in [7, 11) is -2.24. The van der Waals surface area contributed by atoms with Crippen molar-refractivity contribution >= 4 is 16.0 Å². The van der Waals surface area contributed by atoms with Gasteiger partial charge in [-0.2, -0.15) is 0 Å². The molecular weight excluding hydrogens is 290 g/mol. The number of aliphatic carboxylic acids is 1. The maximum absolute atomic E-state index is 12.3. The van der Waals surface area contributed by atoms with Crippen LogP contribution in [0.3, 0.4) is 0 Å². The second-order valence-corrected chi connectivity index (χ2v) is 7.78. The predicted molar refractivity (Wildman–Crippen MR) is 81.8 cm³/mol. The van der Waals surface area contributed by atoms with E-state index >= 15 is 0 Å². The molecule has 0 saturated heterocycles. The molecule has 0 amide bonds. The third kappa shape index (κ3) is 4.28. The molecule has 1 rings (SSSR count). The molecule has 1 aromatic rings. The van der Waals surface area contributed by atoms with Crippen LogP contribution >= 0.6 is 0 Å². The van der Waals surface area contributed by atoms with E-state index in [0.29, 0.717) is 0 Å². The molecule has 1 N–H and O–H groups in total. The fourth-order valence-electron chi connectivity index (χ4n) is 1.84. The lowest BCUT2D eigenvalue weighted by Gasteiger charge is -2.24. The maximum Gasteiger partial charge on any atom is 0.304 e. The Morgan fingerprint density at radius 2 is 1.76 bits per heavy atom. The van der Waals surface area contributed by atoms with Crippen LogP contribution in [-0.4, -0.2) is 37.4 Å². The number of benzene rings is 1. The molecule has 0 spiro atoms. The molecule has 0 aliphatic carbocycles. The van der Waals surface area contributed by atoms with Crippen LogP contribution in [0.4, 0.5) is 0 Å². The Bertz CT molecular complexity index is 591. The van der Waals surface area contributed by atoms with E-state index in [0.717, 1.165) is 16.3 Å². The molecule has 21 heavy (non-hydrogen) atoms. The third-order valence-corrected chi connectivity index (χ3v) is 5.74. The minimum absolute atomic E-state index is 0.00248. The minimum atomic E-state index is -3.63. The van der Waals surface area contributed by atoms with E-state index in [-0.39, 0.29) is 23.3 Å². The van der Waals surface area contributed by atoms with Crippen molar-refractivity contribution in [2.45, 2.75) is 43.9 Å². The van der Waals surface area contributed by atoms with Crippen molar-refractivity contribution in [3.8, 4) is 0 Å². The average Bonchev–Trinajstić information content (AvgIpc) is 2.44. The summed E-state index contributed by atoms with van der Waals surface area (Å²) in [6, 6.07) is 6.81. The lowest BCUT2D eigenvalue weighted by atomic mass is 9.82. The molecule has 118 valence electrons. The highest BCUT2D eigenvalue weighted by Gasteiger charge is 2.23. The highest BCUT2D eigenvalue weighted by atomic mass is 32.2. The quantitative estimate of drug-likeness (QED) is 0.839. The number of rotatable bonds is 7. The molecule has 0 aliphatic rings. The largest absolute Gasteiger partial charge is 0.481 e. The van der Waals surface area contributed by atoms with Crippen molar-refractivity contribution in [1.82, 2.24) is 4.31 Å². The monoisotopic (exact) mass is 313 g/mol. The van der Waals surface area contributed by atoms with E-state index in [4.69, 9.17) is 5.11 Å². The Hall–Kier alpha value is -1.40. The van der Waals surface area contributed by atoms with Gasteiger partial charge in [0.05, 0.1) is 11.3 Å². The smallest absolute Gasteiger partial charge is 0.304 e. The van der Waals surface area contributed by atoms with Crippen LogP contribution in [0.25, 0.3) is 0 Å². The highest BCUT2D eigenvalue weighted by molar-refractivity contribution is 7.89. The summed E-state index contributed by atoms with van der Waals surface area (Å²) in [5, 5.41) is 8.63. The molecule has 0 radical (unpaired) electrons. The molecule has 5 nitrogen and oxygen atoms in total. The van der Waals surface area contributed by atoms with Gasteiger partial charge < -0.3 is 5.11 Å². The molecular formula is C15H23NO4S. The summed E-state index contributed by atoms with van der Waals surface area (Å²) in [6.07, 6.45) is 0.744. The molecule has 0 fully saturated rings. The SMILES string of the molecule is CCC(C)(C)c1ccc(S(=O)(=O)N(C)CCC(=O)O)cc1. The normalized spacial score (nSPS) is 12.6. The first-order valence-electron chi connectivity index (χ1n) is 6.90. The van der Waals surface area contributed by atoms with Crippen molar-refractivity contribution in [1.29, 1.82) is 0 Å². The van der Waals surface area contributed by atoms with Crippen LogP contribution in [0.2, 0.25) is 0 Å². The molecule has 0 saturated carbocycles. The first-order valence-corrected chi connectivity index (χ1v) is 8.34. The van der Waals surface area contributed by atoms with Gasteiger partial charge in [0.15, 0.2) is 0 Å². The summed E-state index contributed by atoms with van der Waals surface area (Å²) in [4.78, 5) is 10.7. The summed E-state index contributed by atoms with van der Waals surface area (Å²) in [5.74, 6) is -1.02. The van der Waals surface area contributed by atoms with Crippen LogP contribution in [0, 0.1) is 0 Å². The fourth-order valence-corrected chi connectivity index (χ4v) is 3.01. The standard InChI is InChI=1S/C15H23NO4S/c1-5-15(2,3)12-6-8-13(9-7-12)21(19,20)16(4)11-10-14(17)18/h6-9H,5,10-11H2,1-4H3,(H,17,18). The Morgan fingerprint density at radius 1 is 1.24 bits per heavy atom. The lowest BCUT2D eigenvalue weighted by Crippen LogP contribution is -2.29. The zero-order chi connectivity index (χ0) is 16.3. The molecule has 1 aromatic carbocycles. The van der Waals surface area contributed by atoms with Crippen LogP contribution < -0.4 is 0 Å². The maximum atomic E-state index is 12.3. The number of hydrogen-bond acceptors (Lipinski definition) is 3. The Balaban J connectivity index is 2.97. The van der Waals surface area contributed by atoms with Gasteiger partial charge in [0.25, 0.3) is 0 Å². The first kappa shape index (κ1) is 17.7. The Labute approximate surface area is 126 Å². The molecule has 0 atom stereocenters. The summed E-state index contributed by atoms with van der Waals surface area (Å²) < 4.78 is 25.7. The van der Waals surface area contributed by atoms with E-state index in [9.17, 15) is 13.2 Å². The fraction of sp³-hybridized carbons (Fsp3) is 0.533. The van der Waals surface area contributed by atoms with Crippen LogP contribution in [-0.2, 0) is 20.2 Å². The third-order valence-electron chi connectivity index (χ3n) is 3.87. The molecule has 0 aliphatic heterocycles. The summed E-state index contributed by atoms with van der Waals surface area (Å²) in [5.41, 5.74) is 1.08. The Morgan fingerprint density at radius 3 is 2.19 bits per heavy atom. The predicted octanol–water partition coefficient (Wildman–Crippen LogP) is 2.47. The number of nitrogens with zero attached hydrogens (tertiary/aromatic N) is 1. The number of carboxylic acids is 1.